The van der Waals surface area contributed by atoms with E-state index >= 15 is 0 Å². The lowest BCUT2D eigenvalue weighted by atomic mass is 10.1. The van der Waals surface area contributed by atoms with Gasteiger partial charge in [-0.3, -0.25) is 0 Å². The maximum atomic E-state index is 2.53. The predicted octanol–water partition coefficient (Wildman–Crippen LogP) is 6.45. The molecule has 0 radical (unpaired) electrons. The minimum atomic E-state index is 1.11. The molecule has 1 aromatic rings. The van der Waals surface area contributed by atoms with Crippen molar-refractivity contribution in [2.24, 2.45) is 0 Å². The van der Waals surface area contributed by atoms with E-state index in [1.54, 1.807) is 5.82 Å². The van der Waals surface area contributed by atoms with E-state index in [1.807, 2.05) is 0 Å². The molecule has 0 aliphatic rings. The Morgan fingerprint density at radius 1 is 0.708 bits per heavy atom. The first-order valence-corrected chi connectivity index (χ1v) is 10.9. The average molecular weight is 336 g/mol. The lowest BCUT2D eigenvalue weighted by Gasteiger charge is -2.05. The summed E-state index contributed by atoms with van der Waals surface area (Å²) < 4.78 is 4.98. The van der Waals surface area contributed by atoms with Crippen LogP contribution in [0.3, 0.4) is 0 Å². The number of hydrogen-bond acceptors (Lipinski definition) is 0. The molecule has 0 fully saturated rings. The Hall–Kier alpha value is -0.790. The zero-order chi connectivity index (χ0) is 17.5. The van der Waals surface area contributed by atoms with Gasteiger partial charge in [0.05, 0.1) is 13.1 Å². The molecule has 0 saturated heterocycles. The highest BCUT2D eigenvalue weighted by Crippen LogP contribution is 2.10. The van der Waals surface area contributed by atoms with Crippen molar-refractivity contribution in [2.75, 3.05) is 0 Å². The van der Waals surface area contributed by atoms with Gasteiger partial charge in [0.15, 0.2) is 0 Å². The highest BCUT2D eigenvalue weighted by Gasteiger charge is 2.15. The van der Waals surface area contributed by atoms with E-state index in [-0.39, 0.29) is 0 Å². The number of nitrogens with zero attached hydrogens (tertiary/aromatic N) is 2. The Kier molecular flexibility index (Phi) is 12.9. The van der Waals surface area contributed by atoms with Gasteiger partial charge in [-0.1, -0.05) is 78.1 Å². The molecule has 0 atom stereocenters. The molecule has 0 aliphatic carbocycles. The number of aryl methyl sites for hydroxylation is 2. The number of aromatic nitrogens is 2. The third kappa shape index (κ3) is 8.89. The van der Waals surface area contributed by atoms with E-state index in [2.05, 4.69) is 42.3 Å². The number of unbranched alkanes of at least 4 members (excludes halogenated alkanes) is 11. The van der Waals surface area contributed by atoms with Crippen LogP contribution in [-0.2, 0) is 19.5 Å². The summed E-state index contributed by atoms with van der Waals surface area (Å²) in [4.78, 5) is 0. The molecule has 0 amide bonds. The molecule has 0 aliphatic heterocycles. The van der Waals surface area contributed by atoms with E-state index in [0.29, 0.717) is 0 Å². The van der Waals surface area contributed by atoms with Gasteiger partial charge in [-0.05, 0) is 26.2 Å². The first kappa shape index (κ1) is 21.3. The fourth-order valence-corrected chi connectivity index (χ4v) is 3.58. The molecule has 1 heterocycles. The Bertz CT molecular complexity index is 395. The first-order chi connectivity index (χ1) is 11.8. The molecule has 0 spiro atoms. The van der Waals surface area contributed by atoms with Crippen LogP contribution in [0.4, 0.5) is 0 Å². The van der Waals surface area contributed by atoms with E-state index < -0.39 is 0 Å². The summed E-state index contributed by atoms with van der Waals surface area (Å²) >= 11 is 0. The average Bonchev–Trinajstić information content (AvgIpc) is 2.99. The van der Waals surface area contributed by atoms with Gasteiger partial charge in [-0.15, -0.1) is 0 Å². The normalized spacial score (nSPS) is 11.3. The van der Waals surface area contributed by atoms with Crippen molar-refractivity contribution < 1.29 is 4.57 Å². The Morgan fingerprint density at radius 2 is 1.25 bits per heavy atom. The van der Waals surface area contributed by atoms with Crippen molar-refractivity contribution in [3.8, 4) is 0 Å². The van der Waals surface area contributed by atoms with Crippen molar-refractivity contribution in [3.05, 3.63) is 18.2 Å². The molecule has 0 N–H and O–H groups in total. The molecular weight excluding hydrogens is 292 g/mol. The van der Waals surface area contributed by atoms with Crippen LogP contribution < -0.4 is 4.57 Å². The third-order valence-electron chi connectivity index (χ3n) is 5.19. The predicted molar refractivity (Wildman–Crippen MR) is 105 cm³/mol. The Labute approximate surface area is 151 Å². The van der Waals surface area contributed by atoms with Crippen LogP contribution in [0, 0.1) is 0 Å². The van der Waals surface area contributed by atoms with Gasteiger partial charge < -0.3 is 0 Å². The number of rotatable bonds is 16. The van der Waals surface area contributed by atoms with Crippen molar-refractivity contribution >= 4 is 0 Å². The summed E-state index contributed by atoms with van der Waals surface area (Å²) in [6.07, 6.45) is 24.0. The minimum absolute atomic E-state index is 1.11. The van der Waals surface area contributed by atoms with Crippen LogP contribution in [0.5, 0.6) is 0 Å². The van der Waals surface area contributed by atoms with E-state index in [0.717, 1.165) is 6.54 Å². The summed E-state index contributed by atoms with van der Waals surface area (Å²) in [6, 6.07) is 0. The van der Waals surface area contributed by atoms with Crippen LogP contribution in [0.25, 0.3) is 0 Å². The van der Waals surface area contributed by atoms with Gasteiger partial charge in [0, 0.05) is 6.42 Å². The summed E-state index contributed by atoms with van der Waals surface area (Å²) in [7, 11) is 0. The van der Waals surface area contributed by atoms with E-state index in [4.69, 9.17) is 0 Å². The van der Waals surface area contributed by atoms with Crippen LogP contribution >= 0.6 is 0 Å². The van der Waals surface area contributed by atoms with Crippen LogP contribution in [-0.4, -0.2) is 4.57 Å². The minimum Gasteiger partial charge on any atom is -0.235 e. The summed E-state index contributed by atoms with van der Waals surface area (Å²) in [5.74, 6) is 1.55. The standard InChI is InChI=1S/C22H43N2/c1-4-7-9-11-13-15-17-19-24-21-20-23(6-3)22(24)18-16-14-12-10-8-5-2/h20-21H,4-19H2,1-3H3/q+1. The van der Waals surface area contributed by atoms with Crippen LogP contribution in [0.15, 0.2) is 12.4 Å². The quantitative estimate of drug-likeness (QED) is 0.242. The van der Waals surface area contributed by atoms with Gasteiger partial charge in [0.1, 0.15) is 12.4 Å². The van der Waals surface area contributed by atoms with Crippen LogP contribution in [0.2, 0.25) is 0 Å². The molecule has 0 aromatic carbocycles. The highest BCUT2D eigenvalue weighted by atomic mass is 15.1. The molecule has 1 rings (SSSR count). The molecule has 140 valence electrons. The fourth-order valence-electron chi connectivity index (χ4n) is 3.58. The second kappa shape index (κ2) is 14.5. The maximum Gasteiger partial charge on any atom is 0.256 e. The van der Waals surface area contributed by atoms with Crippen molar-refractivity contribution in [2.45, 2.75) is 124 Å². The zero-order valence-corrected chi connectivity index (χ0v) is 16.9. The zero-order valence-electron chi connectivity index (χ0n) is 16.9. The Morgan fingerprint density at radius 3 is 1.83 bits per heavy atom. The van der Waals surface area contributed by atoms with Crippen molar-refractivity contribution in [1.29, 1.82) is 0 Å². The van der Waals surface area contributed by atoms with Crippen molar-refractivity contribution in [3.63, 3.8) is 0 Å². The smallest absolute Gasteiger partial charge is 0.235 e. The molecule has 0 bridgehead atoms. The van der Waals surface area contributed by atoms with Crippen molar-refractivity contribution in [1.82, 2.24) is 4.57 Å². The number of hydrogen-bond donors (Lipinski definition) is 0. The van der Waals surface area contributed by atoms with E-state index in [9.17, 15) is 0 Å². The topological polar surface area (TPSA) is 8.81 Å². The van der Waals surface area contributed by atoms with Gasteiger partial charge in [0.2, 0.25) is 0 Å². The SMILES string of the molecule is CCCCCCCCC[n+]1ccn(CC)c1CCCCCCCC. The molecule has 0 unspecified atom stereocenters. The summed E-state index contributed by atoms with van der Waals surface area (Å²) in [5.41, 5.74) is 0. The molecule has 0 saturated carbocycles. The second-order valence-corrected chi connectivity index (χ2v) is 7.33. The fraction of sp³-hybridized carbons (Fsp3) is 0.864. The van der Waals surface area contributed by atoms with Gasteiger partial charge >= 0.3 is 0 Å². The van der Waals surface area contributed by atoms with Gasteiger partial charge in [-0.2, -0.15) is 0 Å². The summed E-state index contributed by atoms with van der Waals surface area (Å²) in [6.45, 7) is 9.17. The highest BCUT2D eigenvalue weighted by molar-refractivity contribution is 4.83. The molecule has 2 nitrogen and oxygen atoms in total. The first-order valence-electron chi connectivity index (χ1n) is 10.9. The van der Waals surface area contributed by atoms with E-state index in [1.165, 1.54) is 96.4 Å². The van der Waals surface area contributed by atoms with Gasteiger partial charge in [0.25, 0.3) is 5.82 Å². The monoisotopic (exact) mass is 335 g/mol. The lowest BCUT2D eigenvalue weighted by Crippen LogP contribution is -2.37. The summed E-state index contributed by atoms with van der Waals surface area (Å²) in [5, 5.41) is 0. The molecule has 2 heteroatoms. The molecule has 24 heavy (non-hydrogen) atoms. The Balaban J connectivity index is 2.27. The number of imidazole rings is 1. The molecule has 1 aromatic heterocycles. The largest absolute Gasteiger partial charge is 0.256 e. The second-order valence-electron chi connectivity index (χ2n) is 7.33. The van der Waals surface area contributed by atoms with Crippen LogP contribution in [0.1, 0.15) is 110 Å². The maximum absolute atomic E-state index is 2.53. The third-order valence-corrected chi connectivity index (χ3v) is 5.19. The van der Waals surface area contributed by atoms with Gasteiger partial charge in [-0.25, -0.2) is 9.13 Å². The molecular formula is C22H43N2+. The lowest BCUT2D eigenvalue weighted by molar-refractivity contribution is -0.704.